The zero-order chi connectivity index (χ0) is 12.1. The Morgan fingerprint density at radius 2 is 2.06 bits per heavy atom. The molecule has 0 unspecified atom stereocenters. The summed E-state index contributed by atoms with van der Waals surface area (Å²) in [6.45, 7) is 5.13. The highest BCUT2D eigenvalue weighted by Gasteiger charge is 2.10. The first-order chi connectivity index (χ1) is 8.29. The van der Waals surface area contributed by atoms with Crippen LogP contribution in [0.5, 0.6) is 0 Å². The molecule has 5 heteroatoms. The van der Waals surface area contributed by atoms with E-state index in [4.69, 9.17) is 0 Å². The third-order valence-electron chi connectivity index (χ3n) is 2.28. The van der Waals surface area contributed by atoms with E-state index < -0.39 is 0 Å². The van der Waals surface area contributed by atoms with Gasteiger partial charge in [-0.2, -0.15) is 0 Å². The van der Waals surface area contributed by atoms with Gasteiger partial charge in [0.15, 0.2) is 4.34 Å². The first-order valence-electron chi connectivity index (χ1n) is 5.58. The van der Waals surface area contributed by atoms with Gasteiger partial charge in [-0.1, -0.05) is 53.4 Å². The number of hydrogen-bond acceptors (Lipinski definition) is 5. The van der Waals surface area contributed by atoms with Crippen molar-refractivity contribution in [3.8, 4) is 0 Å². The van der Waals surface area contributed by atoms with Gasteiger partial charge in [0.1, 0.15) is 0 Å². The lowest BCUT2D eigenvalue weighted by atomic mass is 10.2. The van der Waals surface area contributed by atoms with E-state index in [1.807, 2.05) is 6.07 Å². The van der Waals surface area contributed by atoms with Crippen LogP contribution in [-0.2, 0) is 0 Å². The Labute approximate surface area is 110 Å². The first-order valence-corrected chi connectivity index (χ1v) is 7.28. The fraction of sp³-hybridized carbons (Fsp3) is 0.333. The molecule has 0 aliphatic rings. The molecular formula is C12H15N3S2. The van der Waals surface area contributed by atoms with Crippen molar-refractivity contribution in [1.29, 1.82) is 0 Å². The van der Waals surface area contributed by atoms with E-state index in [1.54, 1.807) is 23.1 Å². The molecule has 2 aromatic rings. The van der Waals surface area contributed by atoms with E-state index in [9.17, 15) is 0 Å². The maximum atomic E-state index is 4.17. The standard InChI is InChI=1S/C12H15N3S2/c1-3-13-11-14-15-12(17-11)16-9(2)10-7-5-4-6-8-10/h4-9H,3H2,1-2H3,(H,13,14)/t9-/m1/s1. The van der Waals surface area contributed by atoms with Crippen molar-refractivity contribution in [1.82, 2.24) is 10.2 Å². The van der Waals surface area contributed by atoms with Gasteiger partial charge in [0.2, 0.25) is 5.13 Å². The van der Waals surface area contributed by atoms with Crippen LogP contribution < -0.4 is 5.32 Å². The van der Waals surface area contributed by atoms with Crippen molar-refractivity contribution in [3.63, 3.8) is 0 Å². The van der Waals surface area contributed by atoms with Crippen LogP contribution in [0.2, 0.25) is 0 Å². The van der Waals surface area contributed by atoms with Crippen LogP contribution in [0.1, 0.15) is 24.7 Å². The largest absolute Gasteiger partial charge is 0.360 e. The van der Waals surface area contributed by atoms with Crippen LogP contribution >= 0.6 is 23.1 Å². The summed E-state index contributed by atoms with van der Waals surface area (Å²) in [6.07, 6.45) is 0. The molecular weight excluding hydrogens is 250 g/mol. The molecule has 1 aromatic heterocycles. The molecule has 1 aromatic carbocycles. The lowest BCUT2D eigenvalue weighted by Crippen LogP contribution is -1.94. The Bertz CT molecular complexity index is 456. The van der Waals surface area contributed by atoms with Crippen LogP contribution in [0, 0.1) is 0 Å². The summed E-state index contributed by atoms with van der Waals surface area (Å²) in [6, 6.07) is 10.5. The summed E-state index contributed by atoms with van der Waals surface area (Å²) in [4.78, 5) is 0. The minimum absolute atomic E-state index is 0.402. The number of anilines is 1. The van der Waals surface area contributed by atoms with Gasteiger partial charge in [-0.05, 0) is 19.4 Å². The maximum Gasteiger partial charge on any atom is 0.206 e. The van der Waals surface area contributed by atoms with E-state index in [2.05, 4.69) is 53.6 Å². The SMILES string of the molecule is CCNc1nnc(S[C@H](C)c2ccccc2)s1. The van der Waals surface area contributed by atoms with Crippen molar-refractivity contribution >= 4 is 28.2 Å². The Morgan fingerprint density at radius 1 is 1.29 bits per heavy atom. The summed E-state index contributed by atoms with van der Waals surface area (Å²) >= 11 is 3.36. The zero-order valence-electron chi connectivity index (χ0n) is 9.88. The van der Waals surface area contributed by atoms with E-state index in [1.165, 1.54) is 5.56 Å². The number of thioether (sulfide) groups is 1. The summed E-state index contributed by atoms with van der Waals surface area (Å²) in [5.74, 6) is 0. The average Bonchev–Trinajstić information content (AvgIpc) is 2.78. The van der Waals surface area contributed by atoms with Gasteiger partial charge in [-0.15, -0.1) is 10.2 Å². The molecule has 0 fully saturated rings. The summed E-state index contributed by atoms with van der Waals surface area (Å²) in [5.41, 5.74) is 1.32. The Morgan fingerprint density at radius 3 is 2.76 bits per heavy atom. The highest BCUT2D eigenvalue weighted by atomic mass is 32.2. The number of nitrogens with one attached hydrogen (secondary N) is 1. The van der Waals surface area contributed by atoms with E-state index >= 15 is 0 Å². The van der Waals surface area contributed by atoms with E-state index in [0.717, 1.165) is 16.0 Å². The molecule has 0 bridgehead atoms. The molecule has 0 saturated carbocycles. The molecule has 0 radical (unpaired) electrons. The second kappa shape index (κ2) is 6.02. The van der Waals surface area contributed by atoms with Gasteiger partial charge in [0.05, 0.1) is 0 Å². The Kier molecular flexibility index (Phi) is 4.39. The smallest absolute Gasteiger partial charge is 0.206 e. The van der Waals surface area contributed by atoms with Crippen molar-refractivity contribution < 1.29 is 0 Å². The maximum absolute atomic E-state index is 4.17. The molecule has 90 valence electrons. The summed E-state index contributed by atoms with van der Waals surface area (Å²) < 4.78 is 1.01. The average molecular weight is 265 g/mol. The van der Waals surface area contributed by atoms with Crippen LogP contribution in [0.3, 0.4) is 0 Å². The molecule has 1 heterocycles. The van der Waals surface area contributed by atoms with Gasteiger partial charge in [-0.3, -0.25) is 0 Å². The molecule has 3 nitrogen and oxygen atoms in total. The number of benzene rings is 1. The lowest BCUT2D eigenvalue weighted by molar-refractivity contribution is 0.992. The van der Waals surface area contributed by atoms with Crippen molar-refractivity contribution in [2.45, 2.75) is 23.4 Å². The van der Waals surface area contributed by atoms with E-state index in [0.29, 0.717) is 5.25 Å². The van der Waals surface area contributed by atoms with Gasteiger partial charge in [0.25, 0.3) is 0 Å². The topological polar surface area (TPSA) is 37.8 Å². The quantitative estimate of drug-likeness (QED) is 0.834. The Hall–Kier alpha value is -1.07. The van der Waals surface area contributed by atoms with Gasteiger partial charge < -0.3 is 5.32 Å². The molecule has 0 spiro atoms. The Balaban J connectivity index is 2.00. The third-order valence-corrected chi connectivity index (χ3v) is 4.40. The van der Waals surface area contributed by atoms with Crippen LogP contribution in [0.25, 0.3) is 0 Å². The second-order valence-corrected chi connectivity index (χ2v) is 6.14. The van der Waals surface area contributed by atoms with Crippen molar-refractivity contribution in [2.75, 3.05) is 11.9 Å². The minimum atomic E-state index is 0.402. The molecule has 0 saturated heterocycles. The van der Waals surface area contributed by atoms with E-state index in [-0.39, 0.29) is 0 Å². The van der Waals surface area contributed by atoms with Gasteiger partial charge in [-0.25, -0.2) is 0 Å². The fourth-order valence-electron chi connectivity index (χ4n) is 1.42. The number of hydrogen-bond donors (Lipinski definition) is 1. The van der Waals surface area contributed by atoms with Gasteiger partial charge >= 0.3 is 0 Å². The third kappa shape index (κ3) is 3.44. The highest BCUT2D eigenvalue weighted by Crippen LogP contribution is 2.36. The molecule has 1 N–H and O–H groups in total. The molecule has 0 amide bonds. The van der Waals surface area contributed by atoms with Crippen molar-refractivity contribution in [3.05, 3.63) is 35.9 Å². The predicted octanol–water partition coefficient (Wildman–Crippen LogP) is 3.82. The second-order valence-electron chi connectivity index (χ2n) is 3.57. The fourth-order valence-corrected chi connectivity index (χ4v) is 3.51. The predicted molar refractivity (Wildman–Crippen MR) is 74.8 cm³/mol. The molecule has 1 atom stereocenters. The first kappa shape index (κ1) is 12.4. The number of nitrogens with zero attached hydrogens (tertiary/aromatic N) is 2. The number of aromatic nitrogens is 2. The minimum Gasteiger partial charge on any atom is -0.360 e. The molecule has 0 aliphatic heterocycles. The van der Waals surface area contributed by atoms with Crippen LogP contribution in [-0.4, -0.2) is 16.7 Å². The number of rotatable bonds is 5. The molecule has 0 aliphatic carbocycles. The van der Waals surface area contributed by atoms with Gasteiger partial charge in [0, 0.05) is 11.8 Å². The molecule has 2 rings (SSSR count). The highest BCUT2D eigenvalue weighted by molar-refractivity contribution is 8.01. The lowest BCUT2D eigenvalue weighted by Gasteiger charge is -2.08. The molecule has 17 heavy (non-hydrogen) atoms. The zero-order valence-corrected chi connectivity index (χ0v) is 11.5. The normalized spacial score (nSPS) is 12.4. The van der Waals surface area contributed by atoms with Crippen LogP contribution in [0.15, 0.2) is 34.7 Å². The van der Waals surface area contributed by atoms with Crippen LogP contribution in [0.4, 0.5) is 5.13 Å². The summed E-state index contributed by atoms with van der Waals surface area (Å²) in [5, 5.41) is 12.7. The summed E-state index contributed by atoms with van der Waals surface area (Å²) in [7, 11) is 0. The van der Waals surface area contributed by atoms with Crippen molar-refractivity contribution in [2.24, 2.45) is 0 Å². The monoisotopic (exact) mass is 265 g/mol.